The molecule has 2 heterocycles. The second-order valence-corrected chi connectivity index (χ2v) is 8.20. The Hall–Kier alpha value is -1.92. The molecule has 0 bridgehead atoms. The van der Waals surface area contributed by atoms with Gasteiger partial charge in [-0.1, -0.05) is 31.0 Å². The average molecular weight is 394 g/mol. The van der Waals surface area contributed by atoms with Crippen LogP contribution < -0.4 is 5.32 Å². The van der Waals surface area contributed by atoms with Crippen molar-refractivity contribution >= 4 is 34.8 Å². The molecule has 4 nitrogen and oxygen atoms in total. The minimum Gasteiger partial charge on any atom is -0.345 e. The van der Waals surface area contributed by atoms with Gasteiger partial charge in [0.05, 0.1) is 16.5 Å². The van der Waals surface area contributed by atoms with Crippen LogP contribution >= 0.6 is 22.9 Å². The largest absolute Gasteiger partial charge is 0.345 e. The molecule has 1 aromatic carbocycles. The van der Waals surface area contributed by atoms with Crippen molar-refractivity contribution in [2.45, 2.75) is 32.2 Å². The predicted octanol–water partition coefficient (Wildman–Crippen LogP) is 4.84. The average Bonchev–Trinajstić information content (AvgIpc) is 3.10. The fraction of sp³-hybridized carbons (Fsp3) is 0.368. The predicted molar refractivity (Wildman–Crippen MR) is 104 cm³/mol. The first-order valence-electron chi connectivity index (χ1n) is 8.48. The number of nitrogens with zero attached hydrogens (tertiary/aromatic N) is 1. The molecule has 1 amide bonds. The van der Waals surface area contributed by atoms with E-state index in [1.165, 1.54) is 22.3 Å². The van der Waals surface area contributed by atoms with Crippen LogP contribution in [0, 0.1) is 17.1 Å². The van der Waals surface area contributed by atoms with E-state index in [-0.39, 0.29) is 22.8 Å². The van der Waals surface area contributed by atoms with Gasteiger partial charge in [-0.3, -0.25) is 15.1 Å². The Labute approximate surface area is 161 Å². The highest BCUT2D eigenvalue weighted by Gasteiger charge is 2.47. The third-order valence-corrected chi connectivity index (χ3v) is 6.60. The van der Waals surface area contributed by atoms with E-state index in [1.807, 2.05) is 26.0 Å². The molecular formula is C19H21ClFN3OS. The molecule has 2 aromatic rings. The highest BCUT2D eigenvalue weighted by molar-refractivity contribution is 7.15. The van der Waals surface area contributed by atoms with Crippen LogP contribution in [-0.4, -0.2) is 23.8 Å². The first kappa shape index (κ1) is 18.9. The van der Waals surface area contributed by atoms with Gasteiger partial charge in [0.2, 0.25) is 5.91 Å². The number of nitrogens with one attached hydrogen (secondary N) is 2. The Morgan fingerprint density at radius 3 is 2.77 bits per heavy atom. The molecule has 3 rings (SSSR count). The third kappa shape index (κ3) is 3.12. The van der Waals surface area contributed by atoms with Gasteiger partial charge in [0.15, 0.2) is 5.96 Å². The molecule has 0 radical (unpaired) electrons. The number of benzene rings is 1. The lowest BCUT2D eigenvalue weighted by Crippen LogP contribution is -2.63. The van der Waals surface area contributed by atoms with Crippen molar-refractivity contribution in [3.63, 3.8) is 0 Å². The summed E-state index contributed by atoms with van der Waals surface area (Å²) in [5.74, 6) is -0.643. The number of carbonyl (C=O) groups excluding carboxylic acids is 1. The summed E-state index contributed by atoms with van der Waals surface area (Å²) >= 11 is 7.43. The molecule has 26 heavy (non-hydrogen) atoms. The Morgan fingerprint density at radius 1 is 1.38 bits per heavy atom. The lowest BCUT2D eigenvalue weighted by Gasteiger charge is -2.45. The van der Waals surface area contributed by atoms with Crippen molar-refractivity contribution in [1.82, 2.24) is 10.2 Å². The van der Waals surface area contributed by atoms with Crippen LogP contribution in [0.5, 0.6) is 0 Å². The van der Waals surface area contributed by atoms with Gasteiger partial charge < -0.3 is 5.32 Å². The van der Waals surface area contributed by atoms with Gasteiger partial charge in [-0.05, 0) is 43.2 Å². The quantitative estimate of drug-likeness (QED) is 0.781. The molecule has 0 aliphatic carbocycles. The van der Waals surface area contributed by atoms with Crippen molar-refractivity contribution in [3.05, 3.63) is 46.0 Å². The normalized spacial score (nSPS) is 23.3. The SMILES string of the molecule is CCCC1C(=O)N(C)C(=N)N[C@]1(C)c1ccc(-c2ccc(F)c(Cl)c2)s1. The first-order chi connectivity index (χ1) is 12.3. The molecule has 1 aliphatic heterocycles. The molecule has 138 valence electrons. The molecule has 1 unspecified atom stereocenters. The summed E-state index contributed by atoms with van der Waals surface area (Å²) in [7, 11) is 1.63. The van der Waals surface area contributed by atoms with Crippen LogP contribution in [0.4, 0.5) is 4.39 Å². The van der Waals surface area contributed by atoms with Crippen LogP contribution in [0.3, 0.4) is 0 Å². The summed E-state index contributed by atoms with van der Waals surface area (Å²) in [6.07, 6.45) is 1.61. The maximum atomic E-state index is 13.4. The highest BCUT2D eigenvalue weighted by atomic mass is 35.5. The number of thiophene rings is 1. The molecule has 0 spiro atoms. The molecule has 2 N–H and O–H groups in total. The van der Waals surface area contributed by atoms with Gasteiger partial charge >= 0.3 is 0 Å². The minimum atomic E-state index is -0.649. The molecule has 0 saturated carbocycles. The maximum Gasteiger partial charge on any atom is 0.234 e. The van der Waals surface area contributed by atoms with Crippen molar-refractivity contribution in [2.24, 2.45) is 5.92 Å². The second-order valence-electron chi connectivity index (χ2n) is 6.71. The number of amides is 1. The zero-order chi connectivity index (χ0) is 19.1. The molecule has 1 aliphatic rings. The smallest absolute Gasteiger partial charge is 0.234 e. The van der Waals surface area contributed by atoms with Crippen LogP contribution in [0.15, 0.2) is 30.3 Å². The summed E-state index contributed by atoms with van der Waals surface area (Å²) in [4.78, 5) is 16.0. The van der Waals surface area contributed by atoms with E-state index < -0.39 is 11.4 Å². The van der Waals surface area contributed by atoms with E-state index in [0.717, 1.165) is 28.2 Å². The lowest BCUT2D eigenvalue weighted by atomic mass is 9.79. The Bertz CT molecular complexity index is 868. The highest BCUT2D eigenvalue weighted by Crippen LogP contribution is 2.42. The molecule has 7 heteroatoms. The van der Waals surface area contributed by atoms with E-state index in [2.05, 4.69) is 5.32 Å². The number of carbonyl (C=O) groups is 1. The number of rotatable bonds is 4. The summed E-state index contributed by atoms with van der Waals surface area (Å²) in [6.45, 7) is 4.02. The van der Waals surface area contributed by atoms with Gasteiger partial charge in [-0.25, -0.2) is 4.39 Å². The Balaban J connectivity index is 2.01. The number of hydrogen-bond acceptors (Lipinski definition) is 3. The van der Waals surface area contributed by atoms with E-state index in [4.69, 9.17) is 17.0 Å². The Morgan fingerprint density at radius 2 is 2.12 bits per heavy atom. The zero-order valence-corrected chi connectivity index (χ0v) is 16.5. The molecule has 1 saturated heterocycles. The van der Waals surface area contributed by atoms with Gasteiger partial charge in [0, 0.05) is 16.8 Å². The zero-order valence-electron chi connectivity index (χ0n) is 14.9. The van der Waals surface area contributed by atoms with Crippen LogP contribution in [-0.2, 0) is 10.3 Å². The number of guanidine groups is 1. The van der Waals surface area contributed by atoms with Crippen molar-refractivity contribution in [1.29, 1.82) is 5.41 Å². The fourth-order valence-electron chi connectivity index (χ4n) is 3.36. The minimum absolute atomic E-state index is 0.0436. The van der Waals surface area contributed by atoms with Crippen molar-refractivity contribution < 1.29 is 9.18 Å². The maximum absolute atomic E-state index is 13.4. The third-order valence-electron chi connectivity index (χ3n) is 4.94. The lowest BCUT2D eigenvalue weighted by molar-refractivity contribution is -0.135. The van der Waals surface area contributed by atoms with E-state index in [9.17, 15) is 9.18 Å². The Kier molecular flexibility index (Phi) is 5.08. The van der Waals surface area contributed by atoms with Crippen LogP contribution in [0.1, 0.15) is 31.6 Å². The van der Waals surface area contributed by atoms with E-state index >= 15 is 0 Å². The van der Waals surface area contributed by atoms with Crippen LogP contribution in [0.25, 0.3) is 10.4 Å². The summed E-state index contributed by atoms with van der Waals surface area (Å²) in [6, 6.07) is 8.57. The fourth-order valence-corrected chi connectivity index (χ4v) is 4.70. The monoisotopic (exact) mass is 393 g/mol. The van der Waals surface area contributed by atoms with Crippen molar-refractivity contribution in [3.8, 4) is 10.4 Å². The van der Waals surface area contributed by atoms with Gasteiger partial charge in [-0.15, -0.1) is 11.3 Å². The van der Waals surface area contributed by atoms with Gasteiger partial charge in [0.1, 0.15) is 5.82 Å². The second kappa shape index (κ2) is 7.00. The topological polar surface area (TPSA) is 56.2 Å². The molecular weight excluding hydrogens is 373 g/mol. The standard InChI is InChI=1S/C19H21ClFN3OS/c1-4-5-12-17(25)24(3)18(22)23-19(12,2)16-9-8-15(26-16)11-6-7-14(21)13(20)10-11/h6-10,12H,4-5H2,1-3H3,(H2,22,23)/t12?,19-/m0/s1. The summed E-state index contributed by atoms with van der Waals surface area (Å²) in [5, 5.41) is 11.4. The molecule has 1 fully saturated rings. The summed E-state index contributed by atoms with van der Waals surface area (Å²) < 4.78 is 13.4. The van der Waals surface area contributed by atoms with Gasteiger partial charge in [0.25, 0.3) is 0 Å². The summed E-state index contributed by atoms with van der Waals surface area (Å²) in [5.41, 5.74) is 0.182. The van der Waals surface area contributed by atoms with Crippen molar-refractivity contribution in [2.75, 3.05) is 7.05 Å². The number of halogens is 2. The molecule has 1 aromatic heterocycles. The number of hydrogen-bond donors (Lipinski definition) is 2. The van der Waals surface area contributed by atoms with Crippen LogP contribution in [0.2, 0.25) is 5.02 Å². The van der Waals surface area contributed by atoms with Gasteiger partial charge in [-0.2, -0.15) is 0 Å². The van der Waals surface area contributed by atoms with E-state index in [0.29, 0.717) is 0 Å². The first-order valence-corrected chi connectivity index (χ1v) is 9.67. The molecule has 2 atom stereocenters. The van der Waals surface area contributed by atoms with E-state index in [1.54, 1.807) is 19.2 Å².